The first-order chi connectivity index (χ1) is 17.0. The number of hydrogen-bond acceptors (Lipinski definition) is 5. The minimum atomic E-state index is -3.55. The van der Waals surface area contributed by atoms with Crippen molar-refractivity contribution in [1.82, 2.24) is 4.90 Å². The van der Waals surface area contributed by atoms with Gasteiger partial charge in [0, 0.05) is 29.0 Å². The maximum atomic E-state index is 14.9. The van der Waals surface area contributed by atoms with Crippen molar-refractivity contribution in [3.05, 3.63) is 77.6 Å². The molecule has 8 nitrogen and oxygen atoms in total. The average Bonchev–Trinajstić information content (AvgIpc) is 3.23. The van der Waals surface area contributed by atoms with Gasteiger partial charge in [0.05, 0.1) is 10.6 Å². The molecule has 0 spiro atoms. The number of rotatable bonds is 5. The van der Waals surface area contributed by atoms with Gasteiger partial charge in [-0.3, -0.25) is 14.5 Å². The lowest BCUT2D eigenvalue weighted by Crippen LogP contribution is -2.47. The minimum absolute atomic E-state index is 0.0180. The molecule has 4 rings (SSSR count). The molecule has 3 aromatic carbocycles. The minimum Gasteiger partial charge on any atom is -0.322 e. The highest BCUT2D eigenvalue weighted by Gasteiger charge is 2.40. The summed E-state index contributed by atoms with van der Waals surface area (Å²) in [5.74, 6) is -2.06. The van der Waals surface area contributed by atoms with Gasteiger partial charge in [0.15, 0.2) is 9.84 Å². The highest BCUT2D eigenvalue weighted by Crippen LogP contribution is 2.30. The average molecular weight is 530 g/mol. The lowest BCUT2D eigenvalue weighted by atomic mass is 10.0. The fraction of sp³-hybridized carbons (Fsp3) is 0.160. The van der Waals surface area contributed by atoms with Crippen molar-refractivity contribution in [2.75, 3.05) is 16.9 Å². The van der Waals surface area contributed by atoms with Crippen molar-refractivity contribution < 1.29 is 27.2 Å². The second-order valence-corrected chi connectivity index (χ2v) is 10.6. The number of likely N-dealkylation sites (tertiary alicyclic amines) is 1. The Morgan fingerprint density at radius 2 is 1.72 bits per heavy atom. The predicted octanol–water partition coefficient (Wildman–Crippen LogP) is 4.71. The number of anilines is 2. The summed E-state index contributed by atoms with van der Waals surface area (Å²) in [6.07, 6.45) is 1.13. The summed E-state index contributed by atoms with van der Waals surface area (Å²) in [4.78, 5) is 38.8. The molecule has 4 amide bonds. The molecule has 1 aliphatic rings. The highest BCUT2D eigenvalue weighted by molar-refractivity contribution is 7.90. The molecule has 1 aliphatic heterocycles. The molecule has 0 saturated carbocycles. The van der Waals surface area contributed by atoms with Gasteiger partial charge in [-0.2, -0.15) is 0 Å². The summed E-state index contributed by atoms with van der Waals surface area (Å²) in [5, 5.41) is 5.45. The summed E-state index contributed by atoms with van der Waals surface area (Å²) >= 11 is 5.84. The summed E-state index contributed by atoms with van der Waals surface area (Å²) in [6.45, 7) is 0. The Hall–Kier alpha value is -3.76. The Labute approximate surface area is 212 Å². The van der Waals surface area contributed by atoms with Crippen LogP contribution in [-0.4, -0.2) is 43.5 Å². The molecule has 0 radical (unpaired) electrons. The third kappa shape index (κ3) is 5.39. The molecule has 36 heavy (non-hydrogen) atoms. The lowest BCUT2D eigenvalue weighted by molar-refractivity contribution is -0.130. The Morgan fingerprint density at radius 1 is 1.03 bits per heavy atom. The van der Waals surface area contributed by atoms with E-state index in [0.29, 0.717) is 21.8 Å². The van der Waals surface area contributed by atoms with Crippen LogP contribution in [0.1, 0.15) is 12.8 Å². The number of sulfone groups is 1. The molecule has 1 saturated heterocycles. The smallest absolute Gasteiger partial charge is 0.322 e. The zero-order valence-electron chi connectivity index (χ0n) is 19.0. The van der Waals surface area contributed by atoms with Gasteiger partial charge in [-0.15, -0.1) is 0 Å². The number of carbonyl (C=O) groups is 3. The van der Waals surface area contributed by atoms with E-state index in [1.54, 1.807) is 42.5 Å². The summed E-state index contributed by atoms with van der Waals surface area (Å²) < 4.78 is 39.1. The molecule has 186 valence electrons. The topological polar surface area (TPSA) is 113 Å². The molecule has 0 aliphatic carbocycles. The molecule has 0 bridgehead atoms. The van der Waals surface area contributed by atoms with Crippen molar-refractivity contribution in [3.8, 4) is 11.1 Å². The van der Waals surface area contributed by atoms with Gasteiger partial charge >= 0.3 is 6.03 Å². The number of halogens is 2. The van der Waals surface area contributed by atoms with E-state index in [1.165, 1.54) is 18.2 Å². The molecule has 3 aromatic rings. The van der Waals surface area contributed by atoms with Crippen LogP contribution in [0.3, 0.4) is 0 Å². The third-order valence-electron chi connectivity index (χ3n) is 5.65. The first-order valence-corrected chi connectivity index (χ1v) is 13.1. The monoisotopic (exact) mass is 529 g/mol. The molecule has 11 heteroatoms. The van der Waals surface area contributed by atoms with E-state index < -0.39 is 39.5 Å². The Kier molecular flexibility index (Phi) is 7.09. The van der Waals surface area contributed by atoms with Crippen molar-refractivity contribution >= 4 is 50.7 Å². The van der Waals surface area contributed by atoms with Gasteiger partial charge in [-0.05, 0) is 54.4 Å². The number of hydrogen-bond donors (Lipinski definition) is 2. The molecule has 1 heterocycles. The number of urea groups is 1. The van der Waals surface area contributed by atoms with Crippen LogP contribution in [0, 0.1) is 5.82 Å². The normalized spacial score (nSPS) is 15.6. The summed E-state index contributed by atoms with van der Waals surface area (Å²) in [6, 6.07) is 14.4. The first-order valence-electron chi connectivity index (χ1n) is 10.8. The van der Waals surface area contributed by atoms with E-state index in [-0.39, 0.29) is 23.4 Å². The van der Waals surface area contributed by atoms with E-state index in [2.05, 4.69) is 10.6 Å². The number of nitrogens with one attached hydrogen (secondary N) is 2. The van der Waals surface area contributed by atoms with Crippen molar-refractivity contribution in [1.29, 1.82) is 0 Å². The fourth-order valence-electron chi connectivity index (χ4n) is 3.93. The van der Waals surface area contributed by atoms with Crippen LogP contribution in [0.2, 0.25) is 5.02 Å². The number of benzene rings is 3. The number of imide groups is 1. The maximum absolute atomic E-state index is 14.9. The SMILES string of the molecule is CS(=O)(=O)c1ccccc1-c1ccc(NC(=O)C2CCC(=O)N2C(=O)Nc2ccc(Cl)cc2)c(F)c1. The molecule has 0 aromatic heterocycles. The summed E-state index contributed by atoms with van der Waals surface area (Å²) in [5.41, 5.74) is 0.854. The standard InChI is InChI=1S/C25H21ClFN3O5S/c1-36(34,35)22-5-3-2-4-18(22)15-6-11-20(19(27)14-15)29-24(32)21-12-13-23(31)30(21)25(33)28-17-9-7-16(26)8-10-17/h2-11,14,21H,12-13H2,1H3,(H,28,33)(H,29,32). The van der Waals surface area contributed by atoms with Gasteiger partial charge in [0.25, 0.3) is 0 Å². The van der Waals surface area contributed by atoms with Crippen molar-refractivity contribution in [2.24, 2.45) is 0 Å². The van der Waals surface area contributed by atoms with Crippen LogP contribution in [0.15, 0.2) is 71.6 Å². The van der Waals surface area contributed by atoms with E-state index in [0.717, 1.165) is 17.2 Å². The largest absolute Gasteiger partial charge is 0.329 e. The quantitative estimate of drug-likeness (QED) is 0.497. The first kappa shape index (κ1) is 25.3. The summed E-state index contributed by atoms with van der Waals surface area (Å²) in [7, 11) is -3.55. The third-order valence-corrected chi connectivity index (χ3v) is 7.06. The Balaban J connectivity index is 1.52. The second kappa shape index (κ2) is 10.1. The number of nitrogens with zero attached hydrogens (tertiary/aromatic N) is 1. The predicted molar refractivity (Wildman–Crippen MR) is 134 cm³/mol. The zero-order chi connectivity index (χ0) is 26.0. The van der Waals surface area contributed by atoms with Crippen molar-refractivity contribution in [2.45, 2.75) is 23.8 Å². The molecule has 2 N–H and O–H groups in total. The molecule has 1 fully saturated rings. The van der Waals surface area contributed by atoms with Gasteiger partial charge in [0.2, 0.25) is 11.8 Å². The molecular formula is C25H21ClFN3O5S. The van der Waals surface area contributed by atoms with E-state index in [9.17, 15) is 27.2 Å². The lowest BCUT2D eigenvalue weighted by Gasteiger charge is -2.23. The van der Waals surface area contributed by atoms with Gasteiger partial charge in [-0.25, -0.2) is 17.6 Å². The zero-order valence-corrected chi connectivity index (χ0v) is 20.6. The van der Waals surface area contributed by atoms with E-state index in [4.69, 9.17) is 11.6 Å². The van der Waals surface area contributed by atoms with Crippen LogP contribution in [0.25, 0.3) is 11.1 Å². The van der Waals surface area contributed by atoms with Crippen LogP contribution >= 0.6 is 11.6 Å². The van der Waals surface area contributed by atoms with Gasteiger partial charge in [-0.1, -0.05) is 35.9 Å². The number of amides is 4. The van der Waals surface area contributed by atoms with Crippen molar-refractivity contribution in [3.63, 3.8) is 0 Å². The molecular weight excluding hydrogens is 509 g/mol. The van der Waals surface area contributed by atoms with Crippen LogP contribution < -0.4 is 10.6 Å². The molecule has 1 unspecified atom stereocenters. The van der Waals surface area contributed by atoms with Crippen LogP contribution in [0.5, 0.6) is 0 Å². The van der Waals surface area contributed by atoms with Crippen LogP contribution in [0.4, 0.5) is 20.6 Å². The second-order valence-electron chi connectivity index (χ2n) is 8.21. The Morgan fingerprint density at radius 3 is 2.39 bits per heavy atom. The number of carbonyl (C=O) groups excluding carboxylic acids is 3. The maximum Gasteiger partial charge on any atom is 0.329 e. The van der Waals surface area contributed by atoms with E-state index in [1.807, 2.05) is 0 Å². The fourth-order valence-corrected chi connectivity index (χ4v) is 4.97. The van der Waals surface area contributed by atoms with Gasteiger partial charge in [0.1, 0.15) is 11.9 Å². The van der Waals surface area contributed by atoms with Gasteiger partial charge < -0.3 is 10.6 Å². The Bertz CT molecular complexity index is 1460. The van der Waals surface area contributed by atoms with E-state index >= 15 is 0 Å². The highest BCUT2D eigenvalue weighted by atomic mass is 35.5. The molecule has 1 atom stereocenters. The van der Waals surface area contributed by atoms with Crippen LogP contribution in [-0.2, 0) is 19.4 Å².